The van der Waals surface area contributed by atoms with Gasteiger partial charge in [0.15, 0.2) is 16.1 Å². The molecule has 2 amide bonds. The first-order valence-electron chi connectivity index (χ1n) is 9.75. The average molecular weight is 521 g/mol. The summed E-state index contributed by atoms with van der Waals surface area (Å²) in [6, 6.07) is 11.9. The topological polar surface area (TPSA) is 102 Å². The number of thioether (sulfide) groups is 1. The Morgan fingerprint density at radius 3 is 2.73 bits per heavy atom. The van der Waals surface area contributed by atoms with E-state index in [-0.39, 0.29) is 22.6 Å². The van der Waals surface area contributed by atoms with Crippen LogP contribution in [0.3, 0.4) is 0 Å². The van der Waals surface area contributed by atoms with Crippen LogP contribution in [0.15, 0.2) is 47.6 Å². The first-order valence-corrected chi connectivity index (χ1v) is 12.3. The Hall–Kier alpha value is -2.66. The van der Waals surface area contributed by atoms with Crippen molar-refractivity contribution in [1.29, 1.82) is 0 Å². The third-order valence-corrected chi connectivity index (χ3v) is 7.17. The average Bonchev–Trinajstić information content (AvgIpc) is 3.34. The summed E-state index contributed by atoms with van der Waals surface area (Å²) in [6.07, 6.45) is 0. The highest BCUT2D eigenvalue weighted by Crippen LogP contribution is 2.26. The van der Waals surface area contributed by atoms with Crippen molar-refractivity contribution in [3.63, 3.8) is 0 Å². The van der Waals surface area contributed by atoms with Crippen molar-refractivity contribution in [3.05, 3.63) is 63.9 Å². The SMILES string of the molecule is C[C@@H](NC(=O)c1ccc(Cl)cc1Cl)c1nnc(SCC(=O)Nc2nc3ccccc3s2)n1C. The van der Waals surface area contributed by atoms with E-state index in [1.165, 1.54) is 29.2 Å². The normalized spacial score (nSPS) is 12.0. The van der Waals surface area contributed by atoms with E-state index in [1.807, 2.05) is 24.3 Å². The Balaban J connectivity index is 1.35. The van der Waals surface area contributed by atoms with Crippen molar-refractivity contribution in [1.82, 2.24) is 25.1 Å². The molecule has 0 aliphatic rings. The highest BCUT2D eigenvalue weighted by molar-refractivity contribution is 7.99. The van der Waals surface area contributed by atoms with Gasteiger partial charge >= 0.3 is 0 Å². The predicted molar refractivity (Wildman–Crippen MR) is 132 cm³/mol. The zero-order valence-electron chi connectivity index (χ0n) is 17.5. The Labute approximate surface area is 207 Å². The third kappa shape index (κ3) is 5.47. The van der Waals surface area contributed by atoms with Gasteiger partial charge in [-0.25, -0.2) is 4.98 Å². The molecule has 2 N–H and O–H groups in total. The number of hydrogen-bond acceptors (Lipinski definition) is 7. The molecule has 0 saturated heterocycles. The van der Waals surface area contributed by atoms with E-state index in [1.54, 1.807) is 30.7 Å². The molecule has 170 valence electrons. The number of anilines is 1. The van der Waals surface area contributed by atoms with Gasteiger partial charge in [0.25, 0.3) is 5.91 Å². The van der Waals surface area contributed by atoms with Gasteiger partial charge in [0.1, 0.15) is 0 Å². The summed E-state index contributed by atoms with van der Waals surface area (Å²) in [5.74, 6) is 0.143. The molecule has 0 aliphatic heterocycles. The molecule has 2 aromatic heterocycles. The molecule has 0 radical (unpaired) electrons. The van der Waals surface area contributed by atoms with Crippen LogP contribution in [0.1, 0.15) is 29.1 Å². The lowest BCUT2D eigenvalue weighted by Crippen LogP contribution is -2.28. The number of hydrogen-bond donors (Lipinski definition) is 2. The zero-order valence-corrected chi connectivity index (χ0v) is 20.6. The van der Waals surface area contributed by atoms with Gasteiger partial charge in [-0.15, -0.1) is 10.2 Å². The second-order valence-electron chi connectivity index (χ2n) is 7.04. The van der Waals surface area contributed by atoms with E-state index in [0.717, 1.165) is 10.2 Å². The van der Waals surface area contributed by atoms with Crippen molar-refractivity contribution in [2.45, 2.75) is 18.1 Å². The summed E-state index contributed by atoms with van der Waals surface area (Å²) in [4.78, 5) is 29.3. The molecular formula is C21H18Cl2N6O2S2. The minimum absolute atomic E-state index is 0.142. The number of nitrogens with zero attached hydrogens (tertiary/aromatic N) is 4. The van der Waals surface area contributed by atoms with Crippen LogP contribution in [0.2, 0.25) is 10.0 Å². The minimum Gasteiger partial charge on any atom is -0.342 e. The number of aromatic nitrogens is 4. The molecule has 2 aromatic carbocycles. The second-order valence-corrected chi connectivity index (χ2v) is 9.86. The number of thiazole rings is 1. The summed E-state index contributed by atoms with van der Waals surface area (Å²) >= 11 is 14.7. The lowest BCUT2D eigenvalue weighted by Gasteiger charge is -2.14. The largest absolute Gasteiger partial charge is 0.342 e. The van der Waals surface area contributed by atoms with Crippen molar-refractivity contribution < 1.29 is 9.59 Å². The lowest BCUT2D eigenvalue weighted by atomic mass is 10.2. The number of fused-ring (bicyclic) bond motifs is 1. The third-order valence-electron chi connectivity index (χ3n) is 4.65. The summed E-state index contributed by atoms with van der Waals surface area (Å²) in [5, 5.41) is 15.8. The Morgan fingerprint density at radius 1 is 1.18 bits per heavy atom. The van der Waals surface area contributed by atoms with Crippen molar-refractivity contribution in [2.24, 2.45) is 7.05 Å². The summed E-state index contributed by atoms with van der Waals surface area (Å²) in [5.41, 5.74) is 1.16. The molecule has 8 nitrogen and oxygen atoms in total. The first-order chi connectivity index (χ1) is 15.8. The molecule has 0 spiro atoms. The van der Waals surface area contributed by atoms with E-state index in [4.69, 9.17) is 23.2 Å². The van der Waals surface area contributed by atoms with Crippen LogP contribution in [0, 0.1) is 0 Å². The van der Waals surface area contributed by atoms with Gasteiger partial charge in [-0.1, -0.05) is 58.4 Å². The highest BCUT2D eigenvalue weighted by atomic mass is 35.5. The highest BCUT2D eigenvalue weighted by Gasteiger charge is 2.20. The summed E-state index contributed by atoms with van der Waals surface area (Å²) in [7, 11) is 1.78. The monoisotopic (exact) mass is 520 g/mol. The maximum absolute atomic E-state index is 12.6. The van der Waals surface area contributed by atoms with Gasteiger partial charge < -0.3 is 15.2 Å². The molecule has 4 aromatic rings. The molecule has 0 aliphatic carbocycles. The molecule has 12 heteroatoms. The Kier molecular flexibility index (Phi) is 7.18. The van der Waals surface area contributed by atoms with Gasteiger partial charge in [0.05, 0.1) is 32.6 Å². The molecule has 2 heterocycles. The number of halogens is 2. The van der Waals surface area contributed by atoms with Crippen molar-refractivity contribution >= 4 is 73.5 Å². The lowest BCUT2D eigenvalue weighted by molar-refractivity contribution is -0.113. The van der Waals surface area contributed by atoms with Crippen LogP contribution in [0.25, 0.3) is 10.2 Å². The molecule has 33 heavy (non-hydrogen) atoms. The minimum atomic E-state index is -0.437. The summed E-state index contributed by atoms with van der Waals surface area (Å²) in [6.45, 7) is 1.79. The van der Waals surface area contributed by atoms with E-state index < -0.39 is 6.04 Å². The smallest absolute Gasteiger partial charge is 0.253 e. The standard InChI is InChI=1S/C21H18Cl2N6O2S2/c1-11(24-19(31)13-8-7-12(22)9-14(13)23)18-27-28-21(29(18)2)32-10-17(30)26-20-25-15-5-3-4-6-16(15)33-20/h3-9,11H,10H2,1-2H3,(H,24,31)(H,25,26,30)/t11-/m1/s1. The maximum Gasteiger partial charge on any atom is 0.253 e. The predicted octanol–water partition coefficient (Wildman–Crippen LogP) is 4.95. The van der Waals surface area contributed by atoms with Crippen LogP contribution < -0.4 is 10.6 Å². The van der Waals surface area contributed by atoms with Crippen LogP contribution in [-0.4, -0.2) is 37.3 Å². The van der Waals surface area contributed by atoms with Gasteiger partial charge in [-0.3, -0.25) is 9.59 Å². The fourth-order valence-electron chi connectivity index (χ4n) is 3.05. The maximum atomic E-state index is 12.6. The van der Waals surface area contributed by atoms with E-state index in [0.29, 0.717) is 26.7 Å². The number of carbonyl (C=O) groups is 2. The molecule has 1 atom stereocenters. The molecule has 0 bridgehead atoms. The summed E-state index contributed by atoms with van der Waals surface area (Å²) < 4.78 is 2.75. The van der Waals surface area contributed by atoms with Crippen molar-refractivity contribution in [3.8, 4) is 0 Å². The van der Waals surface area contributed by atoms with Gasteiger partial charge in [0, 0.05) is 12.1 Å². The number of amides is 2. The van der Waals surface area contributed by atoms with Crippen LogP contribution >= 0.6 is 46.3 Å². The number of carbonyl (C=O) groups excluding carboxylic acids is 2. The molecule has 0 saturated carbocycles. The quantitative estimate of drug-likeness (QED) is 0.334. The van der Waals surface area contributed by atoms with Gasteiger partial charge in [-0.2, -0.15) is 0 Å². The number of rotatable bonds is 7. The molecule has 0 unspecified atom stereocenters. The fourth-order valence-corrected chi connectivity index (χ4v) is 5.15. The molecule has 4 rings (SSSR count). The number of para-hydroxylation sites is 1. The molecular weight excluding hydrogens is 503 g/mol. The Morgan fingerprint density at radius 2 is 1.97 bits per heavy atom. The fraction of sp³-hybridized carbons (Fsp3) is 0.190. The van der Waals surface area contributed by atoms with Gasteiger partial charge in [0.2, 0.25) is 5.91 Å². The number of benzene rings is 2. The number of nitrogens with one attached hydrogen (secondary N) is 2. The zero-order chi connectivity index (χ0) is 23.5. The van der Waals surface area contributed by atoms with Crippen LogP contribution in [0.4, 0.5) is 5.13 Å². The first kappa shape index (κ1) is 23.5. The second kappa shape index (κ2) is 10.1. The van der Waals surface area contributed by atoms with E-state index in [2.05, 4.69) is 25.8 Å². The van der Waals surface area contributed by atoms with Crippen LogP contribution in [0.5, 0.6) is 0 Å². The van der Waals surface area contributed by atoms with Crippen molar-refractivity contribution in [2.75, 3.05) is 11.1 Å². The molecule has 0 fully saturated rings. The van der Waals surface area contributed by atoms with E-state index in [9.17, 15) is 9.59 Å². The Bertz CT molecular complexity index is 1310. The van der Waals surface area contributed by atoms with Crippen LogP contribution in [-0.2, 0) is 11.8 Å². The van der Waals surface area contributed by atoms with Gasteiger partial charge in [-0.05, 0) is 37.3 Å². The van der Waals surface area contributed by atoms with E-state index >= 15 is 0 Å².